The van der Waals surface area contributed by atoms with Gasteiger partial charge in [-0.2, -0.15) is 0 Å². The largest absolute Gasteiger partial charge is 0.307 e. The number of rotatable bonds is 1. The zero-order valence-corrected chi connectivity index (χ0v) is 21.3. The maximum absolute atomic E-state index is 4.61. The van der Waals surface area contributed by atoms with E-state index in [0.717, 1.165) is 17.7 Å². The average Bonchev–Trinajstić information content (AvgIpc) is 3.44. The van der Waals surface area contributed by atoms with Gasteiger partial charge in [-0.05, 0) is 47.2 Å². The van der Waals surface area contributed by atoms with Crippen molar-refractivity contribution in [3.05, 3.63) is 115 Å². The predicted octanol–water partition coefficient (Wildman–Crippen LogP) is 9.35. The van der Waals surface area contributed by atoms with Gasteiger partial charge in [-0.25, -0.2) is 0 Å². The van der Waals surface area contributed by atoms with E-state index in [4.69, 9.17) is 0 Å². The summed E-state index contributed by atoms with van der Waals surface area (Å²) in [5.74, 6) is 0. The maximum Gasteiger partial charge on any atom is 0.0645 e. The normalized spacial score (nSPS) is 17.2. The number of benzene rings is 3. The Balaban J connectivity index is 1.87. The van der Waals surface area contributed by atoms with Crippen molar-refractivity contribution in [1.82, 2.24) is 9.55 Å². The number of para-hydroxylation sites is 1. The Morgan fingerprint density at radius 1 is 0.917 bits per heavy atom. The molecule has 3 aromatic carbocycles. The van der Waals surface area contributed by atoms with E-state index in [1.807, 2.05) is 29.8 Å². The Morgan fingerprint density at radius 2 is 1.72 bits per heavy atom. The second-order valence-electron chi connectivity index (χ2n) is 10.2. The van der Waals surface area contributed by atoms with Gasteiger partial charge in [0.2, 0.25) is 0 Å². The number of hydrogen-bond donors (Lipinski definition) is 0. The monoisotopic (exact) mass is 482 g/mol. The minimum absolute atomic E-state index is 0.113. The minimum atomic E-state index is -0.113. The first-order valence-corrected chi connectivity index (χ1v) is 13.2. The van der Waals surface area contributed by atoms with Crippen molar-refractivity contribution in [1.29, 1.82) is 0 Å². The Hall–Kier alpha value is -3.95. The van der Waals surface area contributed by atoms with Crippen LogP contribution in [0.2, 0.25) is 0 Å². The number of fused-ring (bicyclic) bond motifs is 10. The van der Waals surface area contributed by atoms with Crippen molar-refractivity contribution in [3.63, 3.8) is 0 Å². The molecular formula is C33H26N2S. The third-order valence-electron chi connectivity index (χ3n) is 7.51. The molecule has 0 atom stereocenters. The molecule has 3 heterocycles. The van der Waals surface area contributed by atoms with Gasteiger partial charge in [-0.3, -0.25) is 4.98 Å². The van der Waals surface area contributed by atoms with Crippen molar-refractivity contribution in [2.45, 2.75) is 25.7 Å². The fourth-order valence-corrected chi connectivity index (χ4v) is 7.25. The molecule has 7 rings (SSSR count). The molecule has 0 saturated carbocycles. The van der Waals surface area contributed by atoms with Crippen LogP contribution in [-0.2, 0) is 5.41 Å². The SMILES string of the molecule is C=C1/C=C\C=C/CC(C)(C)c2c1c1sc3ccccc3c1c1c3ccccc3n(-c3cccnc3)c21. The lowest BCUT2D eigenvalue weighted by Gasteiger charge is -2.29. The van der Waals surface area contributed by atoms with Crippen LogP contribution in [0.15, 0.2) is 104 Å². The van der Waals surface area contributed by atoms with E-state index < -0.39 is 0 Å². The summed E-state index contributed by atoms with van der Waals surface area (Å²) in [6.45, 7) is 9.36. The lowest BCUT2D eigenvalue weighted by molar-refractivity contribution is 0.537. The summed E-state index contributed by atoms with van der Waals surface area (Å²) < 4.78 is 5.08. The lowest BCUT2D eigenvalue weighted by atomic mass is 9.76. The molecule has 36 heavy (non-hydrogen) atoms. The van der Waals surface area contributed by atoms with Crippen LogP contribution in [-0.4, -0.2) is 9.55 Å². The summed E-state index contributed by atoms with van der Waals surface area (Å²) in [7, 11) is 0. The third-order valence-corrected chi connectivity index (χ3v) is 8.70. The van der Waals surface area contributed by atoms with Crippen LogP contribution in [0, 0.1) is 0 Å². The van der Waals surface area contributed by atoms with E-state index in [1.165, 1.54) is 53.1 Å². The molecule has 0 radical (unpaired) electrons. The highest BCUT2D eigenvalue weighted by atomic mass is 32.1. The quantitative estimate of drug-likeness (QED) is 0.228. The van der Waals surface area contributed by atoms with Crippen molar-refractivity contribution >= 4 is 58.9 Å². The molecule has 0 spiro atoms. The van der Waals surface area contributed by atoms with Gasteiger partial charge in [-0.1, -0.05) is 81.1 Å². The number of nitrogens with zero attached hydrogens (tertiary/aromatic N) is 2. The molecule has 0 amide bonds. The van der Waals surface area contributed by atoms with Crippen LogP contribution < -0.4 is 0 Å². The smallest absolute Gasteiger partial charge is 0.0645 e. The third kappa shape index (κ3) is 2.93. The van der Waals surface area contributed by atoms with Gasteiger partial charge in [0.15, 0.2) is 0 Å². The van der Waals surface area contributed by atoms with Crippen molar-refractivity contribution in [3.8, 4) is 5.69 Å². The highest BCUT2D eigenvalue weighted by Crippen LogP contribution is 2.52. The van der Waals surface area contributed by atoms with Crippen molar-refractivity contribution < 1.29 is 0 Å². The van der Waals surface area contributed by atoms with Crippen molar-refractivity contribution in [2.75, 3.05) is 0 Å². The standard InChI is InChI=1S/C33H26N2S/c1-21-12-5-4-10-18-33(2,3)30-27(21)32-29(24-15-7-9-17-26(24)36-32)28-23-14-6-8-16-25(23)35(31(28)30)22-13-11-19-34-20-22/h4-17,19-20H,1,18H2,2-3H3/b10-4-,12-5-. The summed E-state index contributed by atoms with van der Waals surface area (Å²) in [4.78, 5) is 4.51. The molecule has 3 aromatic heterocycles. The van der Waals surface area contributed by atoms with E-state index >= 15 is 0 Å². The van der Waals surface area contributed by atoms with Gasteiger partial charge in [0, 0.05) is 42.7 Å². The fourth-order valence-electron chi connectivity index (χ4n) is 5.95. The average molecular weight is 483 g/mol. The molecule has 0 saturated heterocycles. The van der Waals surface area contributed by atoms with E-state index in [2.05, 4.69) is 109 Å². The lowest BCUT2D eigenvalue weighted by Crippen LogP contribution is -2.20. The molecule has 6 aromatic rings. The topological polar surface area (TPSA) is 17.8 Å². The maximum atomic E-state index is 4.61. The van der Waals surface area contributed by atoms with Crippen LogP contribution in [0.5, 0.6) is 0 Å². The Kier molecular flexibility index (Phi) is 4.61. The molecule has 3 heteroatoms. The van der Waals surface area contributed by atoms with Gasteiger partial charge >= 0.3 is 0 Å². The number of allylic oxidation sites excluding steroid dienone is 5. The first-order valence-electron chi connectivity index (χ1n) is 12.4. The number of hydrogen-bond acceptors (Lipinski definition) is 2. The molecule has 0 N–H and O–H groups in total. The summed E-state index contributed by atoms with van der Waals surface area (Å²) in [6.07, 6.45) is 13.5. The van der Waals surface area contributed by atoms with Crippen LogP contribution in [0.3, 0.4) is 0 Å². The van der Waals surface area contributed by atoms with Gasteiger partial charge in [0.05, 0.1) is 22.9 Å². The van der Waals surface area contributed by atoms with Crippen LogP contribution in [0.4, 0.5) is 0 Å². The summed E-state index contributed by atoms with van der Waals surface area (Å²) in [5, 5.41) is 5.25. The van der Waals surface area contributed by atoms with E-state index in [0.29, 0.717) is 0 Å². The summed E-state index contributed by atoms with van der Waals surface area (Å²) in [6, 6.07) is 21.8. The Labute approximate surface area is 214 Å². The molecule has 1 aliphatic rings. The fraction of sp³-hybridized carbons (Fsp3) is 0.121. The van der Waals surface area contributed by atoms with Gasteiger partial charge < -0.3 is 4.57 Å². The van der Waals surface area contributed by atoms with Crippen LogP contribution >= 0.6 is 11.3 Å². The van der Waals surface area contributed by atoms with E-state index in [-0.39, 0.29) is 5.41 Å². The Morgan fingerprint density at radius 3 is 2.56 bits per heavy atom. The minimum Gasteiger partial charge on any atom is -0.307 e. The van der Waals surface area contributed by atoms with Gasteiger partial charge in [0.1, 0.15) is 0 Å². The summed E-state index contributed by atoms with van der Waals surface area (Å²) >= 11 is 1.90. The molecule has 0 fully saturated rings. The number of thiophene rings is 1. The van der Waals surface area contributed by atoms with Crippen LogP contribution in [0.1, 0.15) is 31.4 Å². The van der Waals surface area contributed by atoms with E-state index in [9.17, 15) is 0 Å². The number of aromatic nitrogens is 2. The predicted molar refractivity (Wildman–Crippen MR) is 156 cm³/mol. The molecule has 0 unspecified atom stereocenters. The van der Waals surface area contributed by atoms with Crippen molar-refractivity contribution in [2.24, 2.45) is 0 Å². The van der Waals surface area contributed by atoms with Crippen LogP contribution in [0.25, 0.3) is 53.2 Å². The number of pyridine rings is 1. The highest BCUT2D eigenvalue weighted by Gasteiger charge is 2.33. The van der Waals surface area contributed by atoms with Gasteiger partial charge in [-0.15, -0.1) is 11.3 Å². The molecule has 2 nitrogen and oxygen atoms in total. The first kappa shape index (κ1) is 21.3. The zero-order chi connectivity index (χ0) is 24.4. The summed E-state index contributed by atoms with van der Waals surface area (Å²) in [5.41, 5.74) is 7.14. The van der Waals surface area contributed by atoms with Gasteiger partial charge in [0.25, 0.3) is 0 Å². The highest BCUT2D eigenvalue weighted by molar-refractivity contribution is 7.26. The first-order chi connectivity index (χ1) is 17.6. The second kappa shape index (κ2) is 7.78. The second-order valence-corrected chi connectivity index (χ2v) is 11.3. The zero-order valence-electron chi connectivity index (χ0n) is 20.5. The molecule has 1 aliphatic carbocycles. The Bertz CT molecular complexity index is 1890. The molecule has 0 aliphatic heterocycles. The molecular weight excluding hydrogens is 456 g/mol. The van der Waals surface area contributed by atoms with E-state index in [1.54, 1.807) is 0 Å². The molecule has 174 valence electrons. The molecule has 0 bridgehead atoms.